The number of phenols is 1. The van der Waals surface area contributed by atoms with E-state index in [1.165, 1.54) is 16.7 Å². The fourth-order valence-electron chi connectivity index (χ4n) is 5.29. The van der Waals surface area contributed by atoms with Gasteiger partial charge in [-0.3, -0.25) is 10.3 Å². The van der Waals surface area contributed by atoms with Crippen molar-refractivity contribution in [3.63, 3.8) is 0 Å². The van der Waals surface area contributed by atoms with Gasteiger partial charge in [0.1, 0.15) is 18.0 Å². The molecule has 6 rings (SSSR count). The lowest BCUT2D eigenvalue weighted by molar-refractivity contribution is 0.177. The van der Waals surface area contributed by atoms with Gasteiger partial charge in [-0.15, -0.1) is 5.11 Å². The van der Waals surface area contributed by atoms with E-state index in [2.05, 4.69) is 70.4 Å². The Kier molecular flexibility index (Phi) is 6.69. The Labute approximate surface area is 228 Å². The van der Waals surface area contributed by atoms with Gasteiger partial charge in [0, 0.05) is 23.7 Å². The van der Waals surface area contributed by atoms with Crippen LogP contribution in [0.5, 0.6) is 5.75 Å². The highest BCUT2D eigenvalue weighted by Gasteiger charge is 2.24. The van der Waals surface area contributed by atoms with Crippen molar-refractivity contribution in [3.05, 3.63) is 113 Å². The highest BCUT2D eigenvalue weighted by molar-refractivity contribution is 6.04. The second-order valence-corrected chi connectivity index (χ2v) is 9.65. The molecule has 5 aromatic carbocycles. The monoisotopic (exact) mass is 514 g/mol. The van der Waals surface area contributed by atoms with Gasteiger partial charge in [0.25, 0.3) is 0 Å². The number of benzene rings is 5. The van der Waals surface area contributed by atoms with E-state index >= 15 is 0 Å². The number of anilines is 2. The molecule has 0 unspecified atom stereocenters. The van der Waals surface area contributed by atoms with Crippen molar-refractivity contribution in [3.8, 4) is 16.9 Å². The van der Waals surface area contributed by atoms with Crippen LogP contribution in [0.2, 0.25) is 0 Å². The van der Waals surface area contributed by atoms with Crippen LogP contribution in [-0.4, -0.2) is 12.2 Å². The number of para-hydroxylation sites is 1. The molecule has 0 atom stereocenters. The van der Waals surface area contributed by atoms with Gasteiger partial charge in [0.2, 0.25) is 0 Å². The first-order valence-corrected chi connectivity index (χ1v) is 13.2. The van der Waals surface area contributed by atoms with Crippen LogP contribution in [0.15, 0.2) is 101 Å². The third-order valence-electron chi connectivity index (χ3n) is 7.34. The summed E-state index contributed by atoms with van der Waals surface area (Å²) in [5.74, 6) is 0.0769. The zero-order valence-electron chi connectivity index (χ0n) is 22.0. The zero-order chi connectivity index (χ0) is 26.8. The van der Waals surface area contributed by atoms with E-state index in [-0.39, 0.29) is 12.4 Å². The minimum atomic E-state index is 0.0769. The average Bonchev–Trinajstić information content (AvgIpc) is 3.36. The second kappa shape index (κ2) is 10.6. The first-order chi connectivity index (χ1) is 19.2. The molecule has 0 radical (unpaired) electrons. The smallest absolute Gasteiger partial charge is 0.149 e. The van der Waals surface area contributed by atoms with Crippen molar-refractivity contribution in [2.24, 2.45) is 10.2 Å². The highest BCUT2D eigenvalue weighted by atomic mass is 16.6. The maximum Gasteiger partial charge on any atom is 0.149 e. The maximum absolute atomic E-state index is 11.5. The minimum Gasteiger partial charge on any atom is -0.505 e. The molecule has 1 aliphatic carbocycles. The van der Waals surface area contributed by atoms with Crippen LogP contribution in [0.1, 0.15) is 29.2 Å². The Balaban J connectivity index is 1.41. The average molecular weight is 515 g/mol. The molecule has 0 fully saturated rings. The van der Waals surface area contributed by atoms with E-state index in [0.29, 0.717) is 16.9 Å². The first kappa shape index (κ1) is 24.6. The van der Waals surface area contributed by atoms with Gasteiger partial charge in [-0.25, -0.2) is 0 Å². The van der Waals surface area contributed by atoms with Crippen LogP contribution >= 0.6 is 0 Å². The highest BCUT2D eigenvalue weighted by Crippen LogP contribution is 2.47. The number of rotatable bonds is 8. The van der Waals surface area contributed by atoms with E-state index in [9.17, 15) is 5.11 Å². The zero-order valence-corrected chi connectivity index (χ0v) is 22.0. The van der Waals surface area contributed by atoms with E-state index < -0.39 is 0 Å². The molecule has 0 bridgehead atoms. The molecule has 0 amide bonds. The number of hydrogen-bond acceptors (Lipinski definition) is 6. The van der Waals surface area contributed by atoms with Gasteiger partial charge in [0.05, 0.1) is 11.4 Å². The summed E-state index contributed by atoms with van der Waals surface area (Å²) in [6, 6.07) is 30.4. The van der Waals surface area contributed by atoms with Gasteiger partial charge >= 0.3 is 0 Å². The molecule has 0 saturated carbocycles. The largest absolute Gasteiger partial charge is 0.505 e. The fourth-order valence-corrected chi connectivity index (χ4v) is 5.29. The van der Waals surface area contributed by atoms with Gasteiger partial charge in [0.15, 0.2) is 0 Å². The Morgan fingerprint density at radius 2 is 1.64 bits per heavy atom. The maximum atomic E-state index is 11.5. The number of nitrogens with zero attached hydrogens (tertiary/aromatic N) is 2. The molecule has 0 heterocycles. The summed E-state index contributed by atoms with van der Waals surface area (Å²) in [5.41, 5.74) is 12.8. The van der Waals surface area contributed by atoms with Gasteiger partial charge in [-0.05, 0) is 82.4 Å². The van der Waals surface area contributed by atoms with Crippen molar-refractivity contribution >= 4 is 33.5 Å². The van der Waals surface area contributed by atoms with Crippen molar-refractivity contribution in [2.45, 2.75) is 26.4 Å². The predicted octanol–water partition coefficient (Wildman–Crippen LogP) is 8.68. The van der Waals surface area contributed by atoms with E-state index in [4.69, 9.17) is 4.84 Å². The van der Waals surface area contributed by atoms with Crippen molar-refractivity contribution in [1.29, 1.82) is 0 Å². The number of fused-ring (bicyclic) bond motifs is 5. The van der Waals surface area contributed by atoms with Crippen molar-refractivity contribution in [1.82, 2.24) is 0 Å². The van der Waals surface area contributed by atoms with E-state index in [1.807, 2.05) is 55.6 Å². The minimum absolute atomic E-state index is 0.0769. The third-order valence-corrected chi connectivity index (χ3v) is 7.34. The molecular formula is C33H30N4O2. The molecule has 6 heteroatoms. The van der Waals surface area contributed by atoms with E-state index in [1.54, 1.807) is 0 Å². The molecular weight excluding hydrogens is 484 g/mol. The van der Waals surface area contributed by atoms with Crippen LogP contribution in [0.3, 0.4) is 0 Å². The molecule has 194 valence electrons. The van der Waals surface area contributed by atoms with Crippen LogP contribution in [0, 0.1) is 0 Å². The Hall–Kier alpha value is -4.68. The summed E-state index contributed by atoms with van der Waals surface area (Å²) in [4.78, 5) is 5.88. The summed E-state index contributed by atoms with van der Waals surface area (Å²) in [7, 11) is 1.88. The fraction of sp³-hybridized carbons (Fsp3) is 0.152. The number of aryl methyl sites for hydroxylation is 1. The quantitative estimate of drug-likeness (QED) is 0.140. The van der Waals surface area contributed by atoms with Gasteiger partial charge in [-0.2, -0.15) is 5.11 Å². The molecule has 5 aromatic rings. The Morgan fingerprint density at radius 1 is 0.846 bits per heavy atom. The second-order valence-electron chi connectivity index (χ2n) is 9.65. The third kappa shape index (κ3) is 4.71. The number of hydrogen-bond donors (Lipinski definition) is 3. The standard InChI is InChI=1S/C33H30N4O2/c1-3-21-8-5-7-11-30(21)37-39-20-24-18-23-12-17-28-27-10-6-4-9-22(27)19-29(28)31(23)32(33(24)38)36-35-26-15-13-25(34-2)14-16-26/h4-18,34,37-38H,3,19-20H2,1-2H3. The summed E-state index contributed by atoms with van der Waals surface area (Å²) in [6.07, 6.45) is 1.67. The summed E-state index contributed by atoms with van der Waals surface area (Å²) in [5, 5.41) is 25.7. The normalized spacial score (nSPS) is 12.1. The number of aromatic hydroxyl groups is 1. The molecule has 6 nitrogen and oxygen atoms in total. The number of azo groups is 1. The van der Waals surface area contributed by atoms with Crippen LogP contribution < -0.4 is 10.8 Å². The van der Waals surface area contributed by atoms with Crippen LogP contribution in [0.4, 0.5) is 22.7 Å². The molecule has 0 aromatic heterocycles. The van der Waals surface area contributed by atoms with Gasteiger partial charge in [-0.1, -0.05) is 61.5 Å². The molecule has 39 heavy (non-hydrogen) atoms. The summed E-state index contributed by atoms with van der Waals surface area (Å²) in [6.45, 7) is 2.27. The Bertz CT molecular complexity index is 1690. The van der Waals surface area contributed by atoms with Gasteiger partial charge < -0.3 is 10.4 Å². The number of nitrogens with one attached hydrogen (secondary N) is 2. The Morgan fingerprint density at radius 3 is 2.46 bits per heavy atom. The topological polar surface area (TPSA) is 78.2 Å². The lowest BCUT2D eigenvalue weighted by atomic mass is 9.95. The molecule has 0 aliphatic heterocycles. The lowest BCUT2D eigenvalue weighted by Gasteiger charge is -2.15. The molecule has 1 aliphatic rings. The van der Waals surface area contributed by atoms with Crippen LogP contribution in [0.25, 0.3) is 21.9 Å². The molecule has 0 spiro atoms. The summed E-state index contributed by atoms with van der Waals surface area (Å²) >= 11 is 0. The van der Waals surface area contributed by atoms with Crippen molar-refractivity contribution in [2.75, 3.05) is 17.8 Å². The molecule has 3 N–H and O–H groups in total. The van der Waals surface area contributed by atoms with Crippen LogP contribution in [-0.2, 0) is 24.3 Å². The lowest BCUT2D eigenvalue weighted by Crippen LogP contribution is -2.04. The molecule has 0 saturated heterocycles. The number of phenolic OH excluding ortho intramolecular Hbond substituents is 1. The first-order valence-electron chi connectivity index (χ1n) is 13.2. The van der Waals surface area contributed by atoms with E-state index in [0.717, 1.165) is 46.1 Å². The van der Waals surface area contributed by atoms with Crippen molar-refractivity contribution < 1.29 is 9.94 Å². The predicted molar refractivity (Wildman–Crippen MR) is 158 cm³/mol. The SMILES string of the molecule is CCc1ccccc1NOCc1cc2ccc3c(c2c(N=Nc2ccc(NC)cc2)c1O)Cc1ccccc1-3. The summed E-state index contributed by atoms with van der Waals surface area (Å²) < 4.78 is 0.